The van der Waals surface area contributed by atoms with Gasteiger partial charge in [-0.1, -0.05) is 37.6 Å². The molecule has 3 nitrogen and oxygen atoms in total. The molecular weight excluding hydrogens is 378 g/mol. The maximum Gasteiger partial charge on any atom is 0.101 e. The molecule has 0 N–H and O–H groups in total. The largest absolute Gasteiger partial charge is 0.371 e. The maximum absolute atomic E-state index is 9.13. The summed E-state index contributed by atoms with van der Waals surface area (Å²) in [6, 6.07) is 17.6. The Morgan fingerprint density at radius 2 is 1.62 bits per heavy atom. The predicted octanol–water partition coefficient (Wildman–Crippen LogP) is 6.22. The molecule has 4 heteroatoms. The van der Waals surface area contributed by atoms with E-state index < -0.39 is 0 Å². The minimum absolute atomic E-state index is 0.370. The van der Waals surface area contributed by atoms with Crippen molar-refractivity contribution in [3.05, 3.63) is 58.6 Å². The van der Waals surface area contributed by atoms with Crippen LogP contribution in [0.25, 0.3) is 0 Å². The van der Waals surface area contributed by atoms with Crippen molar-refractivity contribution in [2.75, 3.05) is 29.4 Å². The van der Waals surface area contributed by atoms with Gasteiger partial charge < -0.3 is 9.80 Å². The van der Waals surface area contributed by atoms with E-state index in [0.717, 1.165) is 25.3 Å². The third-order valence-corrected chi connectivity index (χ3v) is 7.61. The summed E-state index contributed by atoms with van der Waals surface area (Å²) in [5, 5.41) is 9.69. The second kappa shape index (κ2) is 7.92. The topological polar surface area (TPSA) is 30.3 Å². The lowest BCUT2D eigenvalue weighted by Crippen LogP contribution is -2.46. The molecule has 2 fully saturated rings. The second-order valence-electron chi connectivity index (χ2n) is 8.99. The fraction of sp³-hybridized carbons (Fsp3) is 0.480. The fourth-order valence-corrected chi connectivity index (χ4v) is 5.37. The molecule has 152 valence electrons. The molecule has 0 aromatic heterocycles. The average Bonchev–Trinajstić information content (AvgIpc) is 3.04. The number of anilines is 2. The first-order valence-electron chi connectivity index (χ1n) is 10.7. The number of piperidine rings is 1. The molecule has 2 saturated heterocycles. The molecule has 2 aromatic rings. The smallest absolute Gasteiger partial charge is 0.101 e. The normalized spacial score (nSPS) is 21.0. The van der Waals surface area contributed by atoms with Crippen molar-refractivity contribution in [2.24, 2.45) is 5.41 Å². The number of nitrogens with zero attached hydrogens (tertiary/aromatic N) is 3. The molecule has 0 amide bonds. The van der Waals surface area contributed by atoms with E-state index in [1.807, 2.05) is 18.2 Å². The van der Waals surface area contributed by atoms with Gasteiger partial charge in [-0.3, -0.25) is 0 Å². The maximum atomic E-state index is 9.13. The molecular formula is C25H30ClN3. The molecule has 0 saturated carbocycles. The van der Waals surface area contributed by atoms with E-state index in [1.165, 1.54) is 30.5 Å². The number of benzene rings is 2. The molecule has 1 spiro atoms. The molecule has 0 radical (unpaired) electrons. The lowest BCUT2D eigenvalue weighted by atomic mass is 9.73. The van der Waals surface area contributed by atoms with Crippen LogP contribution in [-0.2, 0) is 0 Å². The van der Waals surface area contributed by atoms with Gasteiger partial charge in [0.1, 0.15) is 6.07 Å². The quantitative estimate of drug-likeness (QED) is 0.604. The zero-order valence-electron chi connectivity index (χ0n) is 17.7. The standard InChI is InChI=1S/C25H30ClN3/c1-18(2)20-4-7-22(8-5-20)28-13-10-25(11-14-28)12-15-29(19(25)3)23-9-6-21(17-27)24(26)16-23/h4-9,16,18-19H,10-15H2,1-3H3. The van der Waals surface area contributed by atoms with E-state index in [9.17, 15) is 0 Å². The van der Waals surface area contributed by atoms with E-state index in [4.69, 9.17) is 16.9 Å². The molecule has 29 heavy (non-hydrogen) atoms. The first-order chi connectivity index (χ1) is 13.9. The first-order valence-corrected chi connectivity index (χ1v) is 11.1. The van der Waals surface area contributed by atoms with Crippen LogP contribution in [-0.4, -0.2) is 25.7 Å². The Bertz CT molecular complexity index is 905. The Morgan fingerprint density at radius 1 is 1.00 bits per heavy atom. The monoisotopic (exact) mass is 407 g/mol. The Hall–Kier alpha value is -2.18. The van der Waals surface area contributed by atoms with Crippen molar-refractivity contribution in [3.63, 3.8) is 0 Å². The van der Waals surface area contributed by atoms with Gasteiger partial charge in [-0.15, -0.1) is 0 Å². The van der Waals surface area contributed by atoms with Gasteiger partial charge in [0, 0.05) is 37.1 Å². The highest BCUT2D eigenvalue weighted by molar-refractivity contribution is 6.32. The summed E-state index contributed by atoms with van der Waals surface area (Å²) in [6.45, 7) is 10.2. The van der Waals surface area contributed by atoms with E-state index in [1.54, 1.807) is 0 Å². The molecule has 0 aliphatic carbocycles. The molecule has 2 heterocycles. The predicted molar refractivity (Wildman–Crippen MR) is 122 cm³/mol. The second-order valence-corrected chi connectivity index (χ2v) is 9.40. The summed E-state index contributed by atoms with van der Waals surface area (Å²) in [6.07, 6.45) is 3.67. The molecule has 2 aromatic carbocycles. The van der Waals surface area contributed by atoms with Gasteiger partial charge in [0.05, 0.1) is 10.6 Å². The third-order valence-electron chi connectivity index (χ3n) is 7.29. The number of hydrogen-bond acceptors (Lipinski definition) is 3. The number of hydrogen-bond donors (Lipinski definition) is 0. The lowest BCUT2D eigenvalue weighted by Gasteiger charge is -2.44. The van der Waals surface area contributed by atoms with Crippen LogP contribution < -0.4 is 9.80 Å². The zero-order valence-corrected chi connectivity index (χ0v) is 18.4. The highest BCUT2D eigenvalue weighted by Gasteiger charge is 2.46. The van der Waals surface area contributed by atoms with Gasteiger partial charge in [0.2, 0.25) is 0 Å². The van der Waals surface area contributed by atoms with Crippen molar-refractivity contribution in [3.8, 4) is 6.07 Å². The Labute approximate surface area is 179 Å². The Kier molecular flexibility index (Phi) is 5.49. The van der Waals surface area contributed by atoms with Crippen molar-refractivity contribution < 1.29 is 0 Å². The van der Waals surface area contributed by atoms with Gasteiger partial charge in [-0.05, 0) is 73.4 Å². The molecule has 0 bridgehead atoms. The number of rotatable bonds is 3. The van der Waals surface area contributed by atoms with Crippen LogP contribution in [0.1, 0.15) is 57.1 Å². The SMILES string of the molecule is CC(C)c1ccc(N2CCC3(CC2)CCN(c2ccc(C#N)c(Cl)c2)C3C)cc1. The van der Waals surface area contributed by atoms with Gasteiger partial charge in [-0.2, -0.15) is 5.26 Å². The van der Waals surface area contributed by atoms with Crippen molar-refractivity contribution in [1.29, 1.82) is 5.26 Å². The van der Waals surface area contributed by atoms with Crippen molar-refractivity contribution in [1.82, 2.24) is 0 Å². The van der Waals surface area contributed by atoms with Crippen molar-refractivity contribution in [2.45, 2.75) is 52.0 Å². The minimum atomic E-state index is 0.370. The van der Waals surface area contributed by atoms with Crippen LogP contribution in [0.15, 0.2) is 42.5 Å². The first kappa shape index (κ1) is 20.1. The van der Waals surface area contributed by atoms with E-state index >= 15 is 0 Å². The van der Waals surface area contributed by atoms with Crippen LogP contribution in [0.3, 0.4) is 0 Å². The van der Waals surface area contributed by atoms with E-state index in [-0.39, 0.29) is 0 Å². The molecule has 1 unspecified atom stereocenters. The van der Waals surface area contributed by atoms with Crippen LogP contribution in [0, 0.1) is 16.7 Å². The zero-order chi connectivity index (χ0) is 20.6. The molecule has 4 rings (SSSR count). The van der Waals surface area contributed by atoms with Crippen molar-refractivity contribution >= 4 is 23.0 Å². The number of nitriles is 1. The average molecular weight is 408 g/mol. The lowest BCUT2D eigenvalue weighted by molar-refractivity contribution is 0.205. The van der Waals surface area contributed by atoms with E-state index in [0.29, 0.717) is 28.0 Å². The van der Waals surface area contributed by atoms with Crippen LogP contribution in [0.4, 0.5) is 11.4 Å². The van der Waals surface area contributed by atoms with E-state index in [2.05, 4.69) is 60.9 Å². The highest BCUT2D eigenvalue weighted by Crippen LogP contribution is 2.47. The summed E-state index contributed by atoms with van der Waals surface area (Å²) in [5.41, 5.74) is 4.82. The number of halogens is 1. The highest BCUT2D eigenvalue weighted by atomic mass is 35.5. The third kappa shape index (κ3) is 3.71. The fourth-order valence-electron chi connectivity index (χ4n) is 5.15. The van der Waals surface area contributed by atoms with Gasteiger partial charge in [0.15, 0.2) is 0 Å². The summed E-state index contributed by atoms with van der Waals surface area (Å²) >= 11 is 6.29. The van der Waals surface area contributed by atoms with Crippen LogP contribution in [0.5, 0.6) is 0 Å². The molecule has 1 atom stereocenters. The van der Waals surface area contributed by atoms with Crippen LogP contribution >= 0.6 is 11.6 Å². The van der Waals surface area contributed by atoms with Crippen LogP contribution in [0.2, 0.25) is 5.02 Å². The summed E-state index contributed by atoms with van der Waals surface area (Å²) in [4.78, 5) is 5.03. The summed E-state index contributed by atoms with van der Waals surface area (Å²) in [5.74, 6) is 0.578. The van der Waals surface area contributed by atoms with Gasteiger partial charge in [-0.25, -0.2) is 0 Å². The Morgan fingerprint density at radius 3 is 2.21 bits per heavy atom. The Balaban J connectivity index is 1.44. The van der Waals surface area contributed by atoms with Gasteiger partial charge >= 0.3 is 0 Å². The summed E-state index contributed by atoms with van der Waals surface area (Å²) in [7, 11) is 0. The molecule has 2 aliphatic rings. The molecule has 2 aliphatic heterocycles. The summed E-state index contributed by atoms with van der Waals surface area (Å²) < 4.78 is 0. The minimum Gasteiger partial charge on any atom is -0.371 e. The van der Waals surface area contributed by atoms with Gasteiger partial charge in [0.25, 0.3) is 0 Å².